The van der Waals surface area contributed by atoms with Gasteiger partial charge >= 0.3 is 0 Å². The van der Waals surface area contributed by atoms with Crippen LogP contribution in [-0.2, 0) is 4.79 Å². The fourth-order valence-electron chi connectivity index (χ4n) is 2.80. The minimum Gasteiger partial charge on any atom is -0.391 e. The van der Waals surface area contributed by atoms with Gasteiger partial charge in [0.2, 0.25) is 11.7 Å². The molecule has 3 atom stereocenters. The fourth-order valence-corrected chi connectivity index (χ4v) is 2.93. The van der Waals surface area contributed by atoms with Crippen molar-refractivity contribution in [2.24, 2.45) is 5.92 Å². The van der Waals surface area contributed by atoms with Crippen LogP contribution in [0.25, 0.3) is 11.4 Å². The van der Waals surface area contributed by atoms with Crippen LogP contribution in [0.3, 0.4) is 0 Å². The van der Waals surface area contributed by atoms with Gasteiger partial charge in [-0.2, -0.15) is 4.80 Å². The van der Waals surface area contributed by atoms with Gasteiger partial charge in [0.1, 0.15) is 0 Å². The molecule has 142 valence electrons. The highest BCUT2D eigenvalue weighted by atomic mass is 35.5. The van der Waals surface area contributed by atoms with Crippen LogP contribution in [-0.4, -0.2) is 57.0 Å². The lowest BCUT2D eigenvalue weighted by atomic mass is 10.1. The number of β-amino-alcohol motifs (C(OH)–C–C–N with tert-alkyl or cyclic N) is 1. The number of tetrazole rings is 1. The van der Waals surface area contributed by atoms with Gasteiger partial charge in [0.05, 0.1) is 6.10 Å². The van der Waals surface area contributed by atoms with Crippen LogP contribution in [0.2, 0.25) is 5.02 Å². The number of aliphatic hydroxyl groups excluding tert-OH is 1. The molecule has 1 aliphatic heterocycles. The summed E-state index contributed by atoms with van der Waals surface area (Å²) in [5, 5.41) is 28.8. The first-order chi connectivity index (χ1) is 12.1. The third-order valence-electron chi connectivity index (χ3n) is 4.34. The van der Waals surface area contributed by atoms with Gasteiger partial charge in [0.25, 0.3) is 0 Å². The standard InChI is InChI=1S/C16H21ClN6O2.ClH/c1-2-13(16(25)19-8-11-7-18-9-14(11)24)23-21-15(20-22-23)10-3-5-12(17)6-4-10;/h3-6,11,13-14,18,24H,2,7-9H2,1H3,(H,19,25);1H. The van der Waals surface area contributed by atoms with Gasteiger partial charge < -0.3 is 15.7 Å². The molecule has 3 unspecified atom stereocenters. The Hall–Kier alpha value is -1.74. The molecule has 26 heavy (non-hydrogen) atoms. The third-order valence-corrected chi connectivity index (χ3v) is 4.59. The minimum absolute atomic E-state index is 0. The molecule has 0 saturated carbocycles. The summed E-state index contributed by atoms with van der Waals surface area (Å²) in [7, 11) is 0. The Morgan fingerprint density at radius 3 is 2.77 bits per heavy atom. The van der Waals surface area contributed by atoms with E-state index in [-0.39, 0.29) is 24.2 Å². The number of hydrogen-bond acceptors (Lipinski definition) is 6. The van der Waals surface area contributed by atoms with Crippen molar-refractivity contribution in [3.63, 3.8) is 0 Å². The first kappa shape index (κ1) is 20.6. The highest BCUT2D eigenvalue weighted by Gasteiger charge is 2.27. The van der Waals surface area contributed by atoms with Crippen molar-refractivity contribution in [1.29, 1.82) is 0 Å². The Bertz CT molecular complexity index is 724. The van der Waals surface area contributed by atoms with Gasteiger partial charge in [0, 0.05) is 36.1 Å². The molecule has 10 heteroatoms. The Balaban J connectivity index is 0.00000243. The predicted molar refractivity (Wildman–Crippen MR) is 100 cm³/mol. The smallest absolute Gasteiger partial charge is 0.246 e. The van der Waals surface area contributed by atoms with Crippen LogP contribution in [0.1, 0.15) is 19.4 Å². The Morgan fingerprint density at radius 2 is 2.15 bits per heavy atom. The van der Waals surface area contributed by atoms with Crippen LogP contribution in [0, 0.1) is 5.92 Å². The number of nitrogens with zero attached hydrogens (tertiary/aromatic N) is 4. The molecule has 0 spiro atoms. The average molecular weight is 401 g/mol. The van der Waals surface area contributed by atoms with Crippen molar-refractivity contribution in [3.05, 3.63) is 29.3 Å². The number of hydrogen-bond donors (Lipinski definition) is 3. The van der Waals surface area contributed by atoms with Crippen molar-refractivity contribution in [1.82, 2.24) is 30.8 Å². The molecular formula is C16H22Cl2N6O2. The lowest BCUT2D eigenvalue weighted by Crippen LogP contribution is -2.39. The maximum atomic E-state index is 12.5. The number of benzene rings is 1. The van der Waals surface area contributed by atoms with Gasteiger partial charge in [0.15, 0.2) is 6.04 Å². The van der Waals surface area contributed by atoms with Crippen LogP contribution in [0.5, 0.6) is 0 Å². The second kappa shape index (κ2) is 9.27. The first-order valence-corrected chi connectivity index (χ1v) is 8.68. The van der Waals surface area contributed by atoms with E-state index in [1.807, 2.05) is 6.92 Å². The normalized spacial score (nSPS) is 20.4. The topological polar surface area (TPSA) is 105 Å². The second-order valence-corrected chi connectivity index (χ2v) is 6.53. The number of aliphatic hydroxyl groups is 1. The zero-order valence-electron chi connectivity index (χ0n) is 14.3. The Kier molecular flexibility index (Phi) is 7.33. The second-order valence-electron chi connectivity index (χ2n) is 6.10. The molecule has 0 bridgehead atoms. The van der Waals surface area contributed by atoms with Crippen molar-refractivity contribution in [2.75, 3.05) is 19.6 Å². The quantitative estimate of drug-likeness (QED) is 0.669. The number of carbonyl (C=O) groups is 1. The lowest BCUT2D eigenvalue weighted by Gasteiger charge is -2.17. The lowest BCUT2D eigenvalue weighted by molar-refractivity contribution is -0.125. The maximum Gasteiger partial charge on any atom is 0.246 e. The molecule has 1 amide bonds. The first-order valence-electron chi connectivity index (χ1n) is 8.30. The highest BCUT2D eigenvalue weighted by molar-refractivity contribution is 6.30. The summed E-state index contributed by atoms with van der Waals surface area (Å²) in [5.74, 6) is 0.287. The molecule has 3 rings (SSSR count). The van der Waals surface area contributed by atoms with E-state index in [2.05, 4.69) is 26.0 Å². The van der Waals surface area contributed by atoms with Crippen LogP contribution < -0.4 is 10.6 Å². The summed E-state index contributed by atoms with van der Waals surface area (Å²) in [5.41, 5.74) is 0.783. The van der Waals surface area contributed by atoms with Crippen molar-refractivity contribution in [2.45, 2.75) is 25.5 Å². The highest BCUT2D eigenvalue weighted by Crippen LogP contribution is 2.18. The Labute approximate surface area is 162 Å². The molecule has 2 aromatic rings. The van der Waals surface area contributed by atoms with Crippen LogP contribution in [0.4, 0.5) is 0 Å². The van der Waals surface area contributed by atoms with E-state index in [1.165, 1.54) is 4.80 Å². The number of rotatable bonds is 6. The number of nitrogens with one attached hydrogen (secondary N) is 2. The van der Waals surface area contributed by atoms with Crippen molar-refractivity contribution in [3.8, 4) is 11.4 Å². The van der Waals surface area contributed by atoms with Crippen molar-refractivity contribution < 1.29 is 9.90 Å². The average Bonchev–Trinajstić information content (AvgIpc) is 3.24. The largest absolute Gasteiger partial charge is 0.391 e. The van der Waals surface area contributed by atoms with E-state index < -0.39 is 12.1 Å². The molecule has 2 heterocycles. The SMILES string of the molecule is CCC(C(=O)NCC1CNCC1O)n1nnc(-c2ccc(Cl)cc2)n1.Cl. The molecular weight excluding hydrogens is 379 g/mol. The van der Waals surface area contributed by atoms with Gasteiger partial charge in [-0.1, -0.05) is 18.5 Å². The van der Waals surface area contributed by atoms with Crippen molar-refractivity contribution >= 4 is 29.9 Å². The van der Waals surface area contributed by atoms with Gasteiger partial charge in [-0.05, 0) is 35.9 Å². The van der Waals surface area contributed by atoms with Crippen LogP contribution in [0.15, 0.2) is 24.3 Å². The van der Waals surface area contributed by atoms with E-state index >= 15 is 0 Å². The van der Waals surface area contributed by atoms with E-state index in [9.17, 15) is 9.90 Å². The van der Waals surface area contributed by atoms with E-state index in [0.29, 0.717) is 36.9 Å². The molecule has 1 saturated heterocycles. The Morgan fingerprint density at radius 1 is 1.42 bits per heavy atom. The monoisotopic (exact) mass is 400 g/mol. The number of aromatic nitrogens is 4. The zero-order chi connectivity index (χ0) is 17.8. The number of halogens is 2. The molecule has 3 N–H and O–H groups in total. The fraction of sp³-hybridized carbons (Fsp3) is 0.500. The molecule has 1 aliphatic rings. The van der Waals surface area contributed by atoms with E-state index in [1.54, 1.807) is 24.3 Å². The number of amides is 1. The van der Waals surface area contributed by atoms with Gasteiger partial charge in [-0.15, -0.1) is 22.6 Å². The molecule has 1 aromatic carbocycles. The molecule has 0 radical (unpaired) electrons. The summed E-state index contributed by atoms with van der Waals surface area (Å²) in [4.78, 5) is 13.8. The molecule has 1 aromatic heterocycles. The van der Waals surface area contributed by atoms with Gasteiger partial charge in [-0.3, -0.25) is 4.79 Å². The third kappa shape index (κ3) is 4.70. The summed E-state index contributed by atoms with van der Waals surface area (Å²) in [6.45, 7) is 3.57. The zero-order valence-corrected chi connectivity index (χ0v) is 15.9. The van der Waals surface area contributed by atoms with E-state index in [0.717, 1.165) is 5.56 Å². The van der Waals surface area contributed by atoms with Crippen LogP contribution >= 0.6 is 24.0 Å². The predicted octanol–water partition coefficient (Wildman–Crippen LogP) is 1.06. The van der Waals surface area contributed by atoms with Gasteiger partial charge in [-0.25, -0.2) is 0 Å². The summed E-state index contributed by atoms with van der Waals surface area (Å²) < 4.78 is 0. The molecule has 1 fully saturated rings. The summed E-state index contributed by atoms with van der Waals surface area (Å²) in [6.07, 6.45) is 0.106. The molecule has 8 nitrogen and oxygen atoms in total. The summed E-state index contributed by atoms with van der Waals surface area (Å²) in [6, 6.07) is 6.57. The molecule has 0 aliphatic carbocycles. The van der Waals surface area contributed by atoms with E-state index in [4.69, 9.17) is 11.6 Å². The number of carbonyl (C=O) groups excluding carboxylic acids is 1. The maximum absolute atomic E-state index is 12.5. The summed E-state index contributed by atoms with van der Waals surface area (Å²) >= 11 is 5.88. The minimum atomic E-state index is -0.542.